The summed E-state index contributed by atoms with van der Waals surface area (Å²) in [6.45, 7) is 3.74. The number of carbonyl (C=O) groups is 2. The van der Waals surface area contributed by atoms with Gasteiger partial charge < -0.3 is 10.1 Å². The van der Waals surface area contributed by atoms with E-state index in [-0.39, 0.29) is 18.6 Å². The Bertz CT molecular complexity index is 722. The van der Waals surface area contributed by atoms with E-state index in [1.54, 1.807) is 17.4 Å². The summed E-state index contributed by atoms with van der Waals surface area (Å²) in [7, 11) is 0. The minimum atomic E-state index is -0.520. The highest BCUT2D eigenvalue weighted by Crippen LogP contribution is 2.28. The Morgan fingerprint density at radius 2 is 1.96 bits per heavy atom. The fraction of sp³-hybridized carbons (Fsp3) is 0.300. The predicted octanol–water partition coefficient (Wildman–Crippen LogP) is 4.28. The number of thiophene rings is 1. The molecule has 0 unspecified atom stereocenters. The molecule has 1 aromatic heterocycles. The second-order valence-corrected chi connectivity index (χ2v) is 6.88. The number of carbonyl (C=O) groups excluding carboxylic acids is 2. The van der Waals surface area contributed by atoms with Gasteiger partial charge in [0.2, 0.25) is 0 Å². The van der Waals surface area contributed by atoms with Crippen molar-refractivity contribution in [2.24, 2.45) is 0 Å². The van der Waals surface area contributed by atoms with Gasteiger partial charge >= 0.3 is 5.97 Å². The zero-order valence-corrected chi connectivity index (χ0v) is 15.3. The average molecular weight is 357 g/mol. The van der Waals surface area contributed by atoms with Gasteiger partial charge in [-0.1, -0.05) is 43.7 Å². The lowest BCUT2D eigenvalue weighted by molar-refractivity contribution is -0.144. The summed E-state index contributed by atoms with van der Waals surface area (Å²) in [6.07, 6.45) is 4.96. The maximum Gasteiger partial charge on any atom is 0.331 e. The van der Waals surface area contributed by atoms with E-state index < -0.39 is 5.97 Å². The minimum absolute atomic E-state index is 0.0919. The number of benzene rings is 1. The lowest BCUT2D eigenvalue weighted by Gasteiger charge is -2.12. The Balaban J connectivity index is 1.81. The maximum absolute atomic E-state index is 11.7. The summed E-state index contributed by atoms with van der Waals surface area (Å²) in [5.74, 6) is -0.793. The molecule has 5 heteroatoms. The summed E-state index contributed by atoms with van der Waals surface area (Å²) in [5.41, 5.74) is 1.15. The molecular weight excluding hydrogens is 334 g/mol. The number of esters is 1. The van der Waals surface area contributed by atoms with Crippen molar-refractivity contribution in [3.63, 3.8) is 0 Å². The molecule has 0 aliphatic heterocycles. The van der Waals surface area contributed by atoms with Crippen LogP contribution in [0.5, 0.6) is 0 Å². The van der Waals surface area contributed by atoms with Gasteiger partial charge in [0.25, 0.3) is 5.91 Å². The molecule has 0 bridgehead atoms. The van der Waals surface area contributed by atoms with Crippen LogP contribution in [0.2, 0.25) is 0 Å². The van der Waals surface area contributed by atoms with E-state index >= 15 is 0 Å². The summed E-state index contributed by atoms with van der Waals surface area (Å²) in [6, 6.07) is 14.1. The molecule has 0 radical (unpaired) electrons. The van der Waals surface area contributed by atoms with E-state index in [9.17, 15) is 9.59 Å². The molecule has 0 saturated heterocycles. The van der Waals surface area contributed by atoms with Gasteiger partial charge in [-0.25, -0.2) is 4.79 Å². The lowest BCUT2D eigenvalue weighted by Crippen LogP contribution is -2.35. The van der Waals surface area contributed by atoms with Crippen LogP contribution in [-0.4, -0.2) is 24.5 Å². The van der Waals surface area contributed by atoms with Crippen LogP contribution in [0.1, 0.15) is 31.6 Å². The van der Waals surface area contributed by atoms with Gasteiger partial charge in [0.15, 0.2) is 6.61 Å². The van der Waals surface area contributed by atoms with Gasteiger partial charge in [0, 0.05) is 21.9 Å². The molecule has 1 N–H and O–H groups in total. The van der Waals surface area contributed by atoms with Gasteiger partial charge in [0.05, 0.1) is 0 Å². The molecule has 2 rings (SSSR count). The third-order valence-corrected chi connectivity index (χ3v) is 4.64. The van der Waals surface area contributed by atoms with Crippen LogP contribution in [0.25, 0.3) is 16.5 Å². The largest absolute Gasteiger partial charge is 0.452 e. The molecule has 0 aliphatic carbocycles. The maximum atomic E-state index is 11.7. The Morgan fingerprint density at radius 3 is 2.68 bits per heavy atom. The lowest BCUT2D eigenvalue weighted by atomic mass is 10.2. The summed E-state index contributed by atoms with van der Waals surface area (Å²) in [4.78, 5) is 25.5. The summed E-state index contributed by atoms with van der Waals surface area (Å²) in [5, 5.41) is 2.79. The summed E-state index contributed by atoms with van der Waals surface area (Å²) < 4.78 is 4.96. The molecule has 0 spiro atoms. The van der Waals surface area contributed by atoms with Crippen molar-refractivity contribution in [3.05, 3.63) is 53.4 Å². The number of amides is 1. The van der Waals surface area contributed by atoms with E-state index in [4.69, 9.17) is 4.74 Å². The van der Waals surface area contributed by atoms with Gasteiger partial charge in [-0.2, -0.15) is 0 Å². The molecule has 25 heavy (non-hydrogen) atoms. The van der Waals surface area contributed by atoms with Crippen molar-refractivity contribution >= 4 is 29.3 Å². The van der Waals surface area contributed by atoms with Crippen LogP contribution in [0.15, 0.2) is 48.5 Å². The molecule has 4 nitrogen and oxygen atoms in total. The van der Waals surface area contributed by atoms with Crippen molar-refractivity contribution in [2.75, 3.05) is 6.61 Å². The Labute approximate surface area is 152 Å². The van der Waals surface area contributed by atoms with Crippen LogP contribution in [0, 0.1) is 0 Å². The van der Waals surface area contributed by atoms with E-state index in [1.165, 1.54) is 6.08 Å². The van der Waals surface area contributed by atoms with Crippen molar-refractivity contribution in [3.8, 4) is 10.4 Å². The molecule has 1 amide bonds. The smallest absolute Gasteiger partial charge is 0.331 e. The Kier molecular flexibility index (Phi) is 7.41. The SMILES string of the molecule is CCC[C@H](C)NC(=O)COC(=O)/C=C/c1ccc(-c2ccccc2)s1. The monoisotopic (exact) mass is 357 g/mol. The molecule has 0 saturated carbocycles. The molecule has 0 fully saturated rings. The van der Waals surface area contributed by atoms with Crippen molar-refractivity contribution in [1.29, 1.82) is 0 Å². The summed E-state index contributed by atoms with van der Waals surface area (Å²) >= 11 is 1.59. The van der Waals surface area contributed by atoms with Gasteiger partial charge in [-0.05, 0) is 37.1 Å². The first-order valence-electron chi connectivity index (χ1n) is 8.38. The van der Waals surface area contributed by atoms with Crippen LogP contribution in [-0.2, 0) is 14.3 Å². The molecule has 1 atom stereocenters. The standard InChI is InChI=1S/C20H23NO3S/c1-3-7-15(2)21-19(22)14-24-20(23)13-11-17-10-12-18(25-17)16-8-5-4-6-9-16/h4-6,8-13,15H,3,7,14H2,1-2H3,(H,21,22)/b13-11+/t15-/m0/s1. The molecule has 1 aromatic carbocycles. The Hall–Kier alpha value is -2.40. The van der Waals surface area contributed by atoms with Crippen molar-refractivity contribution in [1.82, 2.24) is 5.32 Å². The highest BCUT2D eigenvalue weighted by atomic mass is 32.1. The highest BCUT2D eigenvalue weighted by molar-refractivity contribution is 7.16. The number of ether oxygens (including phenoxy) is 1. The van der Waals surface area contributed by atoms with E-state index in [0.29, 0.717) is 0 Å². The fourth-order valence-electron chi connectivity index (χ4n) is 2.36. The van der Waals surface area contributed by atoms with Crippen LogP contribution < -0.4 is 5.32 Å². The third-order valence-electron chi connectivity index (χ3n) is 3.54. The van der Waals surface area contributed by atoms with Crippen molar-refractivity contribution in [2.45, 2.75) is 32.7 Å². The second kappa shape index (κ2) is 9.79. The molecule has 2 aromatic rings. The van der Waals surface area contributed by atoms with E-state index in [0.717, 1.165) is 28.2 Å². The molecular formula is C20H23NO3S. The Morgan fingerprint density at radius 1 is 1.20 bits per heavy atom. The topological polar surface area (TPSA) is 55.4 Å². The fourth-order valence-corrected chi connectivity index (χ4v) is 3.27. The number of rotatable bonds is 8. The average Bonchev–Trinajstić information content (AvgIpc) is 3.08. The van der Waals surface area contributed by atoms with E-state index in [2.05, 4.69) is 12.2 Å². The number of nitrogens with one attached hydrogen (secondary N) is 1. The van der Waals surface area contributed by atoms with Crippen LogP contribution in [0.4, 0.5) is 0 Å². The van der Waals surface area contributed by atoms with Crippen LogP contribution >= 0.6 is 11.3 Å². The molecule has 0 aliphatic rings. The number of hydrogen-bond acceptors (Lipinski definition) is 4. The third kappa shape index (κ3) is 6.55. The van der Waals surface area contributed by atoms with Crippen LogP contribution in [0.3, 0.4) is 0 Å². The molecule has 132 valence electrons. The minimum Gasteiger partial charge on any atom is -0.452 e. The predicted molar refractivity (Wildman–Crippen MR) is 102 cm³/mol. The first kappa shape index (κ1) is 18.9. The van der Waals surface area contributed by atoms with Gasteiger partial charge in [-0.15, -0.1) is 11.3 Å². The van der Waals surface area contributed by atoms with Gasteiger partial charge in [-0.3, -0.25) is 4.79 Å². The first-order valence-corrected chi connectivity index (χ1v) is 9.19. The zero-order chi connectivity index (χ0) is 18.1. The normalized spacial score (nSPS) is 12.1. The van der Waals surface area contributed by atoms with Gasteiger partial charge in [0.1, 0.15) is 0 Å². The van der Waals surface area contributed by atoms with E-state index in [1.807, 2.05) is 49.4 Å². The quantitative estimate of drug-likeness (QED) is 0.567. The zero-order valence-electron chi connectivity index (χ0n) is 14.5. The molecule has 1 heterocycles. The second-order valence-electron chi connectivity index (χ2n) is 5.77. The number of hydrogen-bond donors (Lipinski definition) is 1. The van der Waals surface area contributed by atoms with Crippen molar-refractivity contribution < 1.29 is 14.3 Å². The highest BCUT2D eigenvalue weighted by Gasteiger charge is 2.08. The first-order chi connectivity index (χ1) is 12.1.